The number of carbonyl (C=O) groups excluding carboxylic acids is 1. The quantitative estimate of drug-likeness (QED) is 0.344. The van der Waals surface area contributed by atoms with Crippen molar-refractivity contribution in [1.82, 2.24) is 24.9 Å². The molecule has 1 fully saturated rings. The zero-order chi connectivity index (χ0) is 22.9. The molecule has 9 nitrogen and oxygen atoms in total. The molecule has 0 saturated heterocycles. The molecular weight excluding hydrogens is 441 g/mol. The van der Waals surface area contributed by atoms with Crippen molar-refractivity contribution in [2.45, 2.75) is 64.2 Å². The number of rotatable bonds is 9. The number of alkyl halides is 3. The van der Waals surface area contributed by atoms with E-state index in [0.29, 0.717) is 24.2 Å². The van der Waals surface area contributed by atoms with Gasteiger partial charge in [-0.2, -0.15) is 23.0 Å². The highest BCUT2D eigenvalue weighted by Gasteiger charge is 2.41. The van der Waals surface area contributed by atoms with Crippen molar-refractivity contribution in [3.8, 4) is 0 Å². The maximum atomic E-state index is 13.1. The van der Waals surface area contributed by atoms with E-state index in [9.17, 15) is 28.1 Å². The summed E-state index contributed by atoms with van der Waals surface area (Å²) in [6.45, 7) is 3.74. The van der Waals surface area contributed by atoms with Crippen molar-refractivity contribution in [3.05, 3.63) is 38.3 Å². The lowest BCUT2D eigenvalue weighted by atomic mass is 10.2. The first-order chi connectivity index (χ1) is 14.5. The van der Waals surface area contributed by atoms with Crippen LogP contribution in [0, 0.1) is 17.0 Å². The Bertz CT molecular complexity index is 983. The van der Waals surface area contributed by atoms with Crippen LogP contribution < -0.4 is 5.32 Å². The van der Waals surface area contributed by atoms with E-state index in [2.05, 4.69) is 15.5 Å². The van der Waals surface area contributed by atoms with E-state index in [4.69, 9.17) is 11.6 Å². The van der Waals surface area contributed by atoms with Gasteiger partial charge in [0.2, 0.25) is 5.91 Å². The van der Waals surface area contributed by atoms with Crippen molar-refractivity contribution < 1.29 is 22.9 Å². The van der Waals surface area contributed by atoms with Crippen molar-refractivity contribution in [3.63, 3.8) is 0 Å². The highest BCUT2D eigenvalue weighted by molar-refractivity contribution is 6.32. The number of amides is 1. The van der Waals surface area contributed by atoms with E-state index < -0.39 is 22.8 Å². The van der Waals surface area contributed by atoms with Crippen LogP contribution in [-0.4, -0.2) is 36.9 Å². The van der Waals surface area contributed by atoms with Gasteiger partial charge in [0.1, 0.15) is 0 Å². The molecule has 170 valence electrons. The molecule has 13 heteroatoms. The Kier molecular flexibility index (Phi) is 6.58. The van der Waals surface area contributed by atoms with Crippen LogP contribution in [0.5, 0.6) is 0 Å². The Morgan fingerprint density at radius 1 is 1.42 bits per heavy atom. The molecule has 3 rings (SSSR count). The maximum absolute atomic E-state index is 13.1. The highest BCUT2D eigenvalue weighted by atomic mass is 35.5. The summed E-state index contributed by atoms with van der Waals surface area (Å²) in [4.78, 5) is 22.8. The maximum Gasteiger partial charge on any atom is 0.436 e. The summed E-state index contributed by atoms with van der Waals surface area (Å²) in [6, 6.07) is 0.557. The summed E-state index contributed by atoms with van der Waals surface area (Å²) in [5.41, 5.74) is -0.207. The Morgan fingerprint density at radius 2 is 2.10 bits per heavy atom. The molecule has 1 N–H and O–H groups in total. The molecule has 2 heterocycles. The zero-order valence-electron chi connectivity index (χ0n) is 16.9. The van der Waals surface area contributed by atoms with Crippen molar-refractivity contribution >= 4 is 23.3 Å². The third-order valence-electron chi connectivity index (χ3n) is 5.09. The first kappa shape index (κ1) is 23.0. The summed E-state index contributed by atoms with van der Waals surface area (Å²) in [6.07, 6.45) is -2.38. The fourth-order valence-electron chi connectivity index (χ4n) is 3.45. The Morgan fingerprint density at radius 3 is 2.61 bits per heavy atom. The molecule has 1 aliphatic carbocycles. The van der Waals surface area contributed by atoms with Crippen LogP contribution in [0.3, 0.4) is 0 Å². The molecular formula is C18H22ClF3N6O3. The number of hydrogen-bond donors (Lipinski definition) is 1. The lowest BCUT2D eigenvalue weighted by molar-refractivity contribution is -0.389. The van der Waals surface area contributed by atoms with Crippen LogP contribution in [-0.2, 0) is 17.5 Å². The van der Waals surface area contributed by atoms with Crippen molar-refractivity contribution in [2.24, 2.45) is 0 Å². The average Bonchev–Trinajstić information content (AvgIpc) is 3.35. The fourth-order valence-corrected chi connectivity index (χ4v) is 3.85. The van der Waals surface area contributed by atoms with E-state index in [1.54, 1.807) is 13.8 Å². The number of aromatic nitrogens is 4. The van der Waals surface area contributed by atoms with Gasteiger partial charge in [0.05, 0.1) is 27.6 Å². The zero-order valence-corrected chi connectivity index (χ0v) is 17.7. The van der Waals surface area contributed by atoms with Crippen LogP contribution >= 0.6 is 11.6 Å². The summed E-state index contributed by atoms with van der Waals surface area (Å²) < 4.78 is 42.0. The molecule has 2 aromatic heterocycles. The number of nitro groups is 1. The summed E-state index contributed by atoms with van der Waals surface area (Å²) in [5.74, 6) is -0.735. The number of nitrogens with one attached hydrogen (secondary N) is 1. The minimum Gasteiger partial charge on any atom is -0.358 e. The molecule has 1 aliphatic rings. The van der Waals surface area contributed by atoms with Gasteiger partial charge in [0.15, 0.2) is 11.7 Å². The molecule has 2 aromatic rings. The third-order valence-corrected chi connectivity index (χ3v) is 5.46. The van der Waals surface area contributed by atoms with E-state index >= 15 is 0 Å². The SMILES string of the molecule is CCC(C(=O)NCCCn1nc(C(F)(F)F)c(Cl)c1C1CC1)n1nc([N+](=O)[O-])cc1C. The standard InChI is InChI=1S/C18H22ClF3N6O3/c1-3-12(27-10(2)9-13(24-27)28(30)31)17(29)23-7-4-8-26-15(11-5-6-11)14(19)16(25-26)18(20,21)22/h9,11-12H,3-8H2,1-2H3,(H,23,29). The minimum absolute atomic E-state index is 0.0197. The second-order valence-electron chi connectivity index (χ2n) is 7.46. The fraction of sp³-hybridized carbons (Fsp3) is 0.611. The Labute approximate surface area is 180 Å². The van der Waals surface area contributed by atoms with Gasteiger partial charge in [-0.3, -0.25) is 9.48 Å². The molecule has 0 aromatic carbocycles. The number of aryl methyl sites for hydroxylation is 2. The average molecular weight is 463 g/mol. The van der Waals surface area contributed by atoms with Crippen LogP contribution in [0.2, 0.25) is 5.02 Å². The smallest absolute Gasteiger partial charge is 0.358 e. The van der Waals surface area contributed by atoms with Gasteiger partial charge in [0, 0.05) is 19.0 Å². The van der Waals surface area contributed by atoms with Crippen LogP contribution in [0.15, 0.2) is 6.07 Å². The van der Waals surface area contributed by atoms with Gasteiger partial charge < -0.3 is 15.4 Å². The highest BCUT2D eigenvalue weighted by Crippen LogP contribution is 2.46. The number of nitrogens with zero attached hydrogens (tertiary/aromatic N) is 5. The number of halogens is 4. The molecule has 0 radical (unpaired) electrons. The second kappa shape index (κ2) is 8.85. The molecule has 1 unspecified atom stereocenters. The molecule has 0 spiro atoms. The topological polar surface area (TPSA) is 108 Å². The predicted octanol–water partition coefficient (Wildman–Crippen LogP) is 4.00. The first-order valence-corrected chi connectivity index (χ1v) is 10.2. The Balaban J connectivity index is 1.62. The monoisotopic (exact) mass is 462 g/mol. The molecule has 1 saturated carbocycles. The van der Waals surface area contributed by atoms with E-state index in [0.717, 1.165) is 12.8 Å². The van der Waals surface area contributed by atoms with E-state index in [1.807, 2.05) is 0 Å². The summed E-state index contributed by atoms with van der Waals surface area (Å²) >= 11 is 5.95. The van der Waals surface area contributed by atoms with E-state index in [-0.39, 0.29) is 35.8 Å². The predicted molar refractivity (Wildman–Crippen MR) is 105 cm³/mol. The van der Waals surface area contributed by atoms with Crippen molar-refractivity contribution in [1.29, 1.82) is 0 Å². The third kappa shape index (κ3) is 5.00. The van der Waals surface area contributed by atoms with E-state index in [1.165, 1.54) is 15.4 Å². The largest absolute Gasteiger partial charge is 0.436 e. The molecule has 0 aliphatic heterocycles. The lowest BCUT2D eigenvalue weighted by Gasteiger charge is -2.14. The lowest BCUT2D eigenvalue weighted by Crippen LogP contribution is -2.34. The van der Waals surface area contributed by atoms with Gasteiger partial charge in [-0.25, -0.2) is 0 Å². The second-order valence-corrected chi connectivity index (χ2v) is 7.84. The van der Waals surface area contributed by atoms with Gasteiger partial charge in [-0.1, -0.05) is 18.5 Å². The van der Waals surface area contributed by atoms with Crippen LogP contribution in [0.1, 0.15) is 61.6 Å². The minimum atomic E-state index is -4.63. The Hall–Kier alpha value is -2.63. The van der Waals surface area contributed by atoms with Gasteiger partial charge >= 0.3 is 12.0 Å². The number of hydrogen-bond acceptors (Lipinski definition) is 5. The molecule has 0 bridgehead atoms. The normalized spacial score (nSPS) is 15.2. The van der Waals surface area contributed by atoms with Crippen LogP contribution in [0.25, 0.3) is 0 Å². The van der Waals surface area contributed by atoms with Gasteiger partial charge in [0.25, 0.3) is 0 Å². The molecule has 1 amide bonds. The number of carbonyl (C=O) groups is 1. The van der Waals surface area contributed by atoms with Crippen LogP contribution in [0.4, 0.5) is 19.0 Å². The summed E-state index contributed by atoms with van der Waals surface area (Å²) in [7, 11) is 0. The summed E-state index contributed by atoms with van der Waals surface area (Å²) in [5, 5.41) is 20.8. The molecule has 31 heavy (non-hydrogen) atoms. The van der Waals surface area contributed by atoms with Gasteiger partial charge in [-0.05, 0) is 37.5 Å². The molecule has 1 atom stereocenters. The van der Waals surface area contributed by atoms with Gasteiger partial charge in [-0.15, -0.1) is 0 Å². The first-order valence-electron chi connectivity index (χ1n) is 9.86. The van der Waals surface area contributed by atoms with Crippen molar-refractivity contribution in [2.75, 3.05) is 6.54 Å².